The van der Waals surface area contributed by atoms with E-state index in [2.05, 4.69) is 13.0 Å². The zero-order chi connectivity index (χ0) is 10.9. The Bertz CT molecular complexity index is 170. The molecule has 0 atom stereocenters. The highest BCUT2D eigenvalue weighted by Gasteiger charge is 2.15. The van der Waals surface area contributed by atoms with Crippen LogP contribution in [-0.4, -0.2) is 10.5 Å². The van der Waals surface area contributed by atoms with Crippen molar-refractivity contribution in [1.82, 2.24) is 0 Å². The Morgan fingerprint density at radius 1 is 1.07 bits per heavy atom. The highest BCUT2D eigenvalue weighted by molar-refractivity contribution is 8.00. The maximum absolute atomic E-state index is 8.80. The van der Waals surface area contributed by atoms with Crippen molar-refractivity contribution in [2.24, 2.45) is 0 Å². The molecule has 0 aromatic heterocycles. The van der Waals surface area contributed by atoms with E-state index in [1.165, 1.54) is 38.5 Å². The lowest BCUT2D eigenvalue weighted by molar-refractivity contribution is 0.626. The van der Waals surface area contributed by atoms with Crippen LogP contribution in [0.25, 0.3) is 0 Å². The number of thioether (sulfide) groups is 1. The van der Waals surface area contributed by atoms with Crippen LogP contribution in [-0.2, 0) is 0 Å². The molecule has 0 aliphatic carbocycles. The Morgan fingerprint density at radius 3 is 2.21 bits per heavy atom. The molecule has 0 fully saturated rings. The number of nitriles is 1. The van der Waals surface area contributed by atoms with Crippen molar-refractivity contribution in [2.45, 2.75) is 64.0 Å². The fourth-order valence-corrected chi connectivity index (χ4v) is 2.17. The summed E-state index contributed by atoms with van der Waals surface area (Å²) in [6, 6.07) is 2.32. The molecule has 0 unspecified atom stereocenters. The highest BCUT2D eigenvalue weighted by atomic mass is 32.2. The van der Waals surface area contributed by atoms with Crippen molar-refractivity contribution in [3.05, 3.63) is 0 Å². The topological polar surface area (TPSA) is 23.8 Å². The molecular weight excluding hydrogens is 190 g/mol. The Labute approximate surface area is 93.3 Å². The summed E-state index contributed by atoms with van der Waals surface area (Å²) in [6.45, 7) is 6.23. The molecule has 2 heteroatoms. The zero-order valence-electron chi connectivity index (χ0n) is 9.81. The maximum atomic E-state index is 8.80. The van der Waals surface area contributed by atoms with Gasteiger partial charge in [0.05, 0.1) is 10.8 Å². The lowest BCUT2D eigenvalue weighted by atomic mass is 10.1. The van der Waals surface area contributed by atoms with Crippen molar-refractivity contribution >= 4 is 11.8 Å². The second-order valence-corrected chi connectivity index (χ2v) is 5.96. The van der Waals surface area contributed by atoms with Crippen LogP contribution in [0.3, 0.4) is 0 Å². The molecule has 0 amide bonds. The Balaban J connectivity index is 3.18. The molecule has 0 rings (SSSR count). The van der Waals surface area contributed by atoms with E-state index in [-0.39, 0.29) is 4.75 Å². The molecule has 0 aliphatic rings. The van der Waals surface area contributed by atoms with E-state index in [1.807, 2.05) is 13.8 Å². The minimum absolute atomic E-state index is 0.191. The Hall–Kier alpha value is -0.160. The number of nitrogens with zero attached hydrogens (tertiary/aromatic N) is 1. The molecule has 1 nitrogen and oxygen atoms in total. The summed E-state index contributed by atoms with van der Waals surface area (Å²) in [4.78, 5) is 0. The van der Waals surface area contributed by atoms with Gasteiger partial charge in [-0.2, -0.15) is 5.26 Å². The van der Waals surface area contributed by atoms with Gasteiger partial charge in [-0.25, -0.2) is 0 Å². The van der Waals surface area contributed by atoms with Gasteiger partial charge in [-0.1, -0.05) is 39.0 Å². The number of hydrogen-bond acceptors (Lipinski definition) is 2. The van der Waals surface area contributed by atoms with Crippen molar-refractivity contribution in [3.8, 4) is 6.07 Å². The Kier molecular flexibility index (Phi) is 8.08. The minimum Gasteiger partial charge on any atom is -0.197 e. The Morgan fingerprint density at radius 2 is 1.64 bits per heavy atom. The fourth-order valence-electron chi connectivity index (χ4n) is 1.24. The van der Waals surface area contributed by atoms with Crippen LogP contribution in [0.1, 0.15) is 59.3 Å². The molecule has 0 saturated heterocycles. The number of hydrogen-bond donors (Lipinski definition) is 0. The van der Waals surface area contributed by atoms with E-state index in [9.17, 15) is 0 Å². The van der Waals surface area contributed by atoms with E-state index in [1.54, 1.807) is 11.8 Å². The largest absolute Gasteiger partial charge is 0.197 e. The molecule has 0 radical (unpaired) electrons. The number of rotatable bonds is 8. The third-order valence-electron chi connectivity index (χ3n) is 2.23. The summed E-state index contributed by atoms with van der Waals surface area (Å²) in [5.41, 5.74) is 0. The molecule has 0 saturated carbocycles. The van der Waals surface area contributed by atoms with Gasteiger partial charge in [-0.3, -0.25) is 0 Å². The SMILES string of the molecule is CCCCCCCCSC(C)(C)C#N. The average molecular weight is 213 g/mol. The normalized spacial score (nSPS) is 11.3. The summed E-state index contributed by atoms with van der Waals surface area (Å²) in [7, 11) is 0. The molecule has 0 N–H and O–H groups in total. The average Bonchev–Trinajstić information content (AvgIpc) is 2.16. The predicted octanol–water partition coefficient (Wildman–Crippen LogP) is 4.38. The predicted molar refractivity (Wildman–Crippen MR) is 65.5 cm³/mol. The summed E-state index contributed by atoms with van der Waals surface area (Å²) < 4.78 is -0.191. The molecule has 0 bridgehead atoms. The van der Waals surface area contributed by atoms with E-state index < -0.39 is 0 Å². The van der Waals surface area contributed by atoms with Crippen LogP contribution in [0.2, 0.25) is 0 Å². The van der Waals surface area contributed by atoms with Crippen LogP contribution in [0, 0.1) is 11.3 Å². The van der Waals surface area contributed by atoms with Crippen LogP contribution in [0.5, 0.6) is 0 Å². The molecule has 0 aromatic carbocycles. The second kappa shape index (κ2) is 8.17. The van der Waals surface area contributed by atoms with Gasteiger partial charge in [-0.05, 0) is 26.0 Å². The van der Waals surface area contributed by atoms with Crippen molar-refractivity contribution in [2.75, 3.05) is 5.75 Å². The molecule has 0 heterocycles. The van der Waals surface area contributed by atoms with Gasteiger partial charge in [0, 0.05) is 0 Å². The third kappa shape index (κ3) is 8.44. The quantitative estimate of drug-likeness (QED) is 0.559. The van der Waals surface area contributed by atoms with Crippen LogP contribution in [0.4, 0.5) is 0 Å². The zero-order valence-corrected chi connectivity index (χ0v) is 10.6. The van der Waals surface area contributed by atoms with E-state index in [4.69, 9.17) is 5.26 Å². The summed E-state index contributed by atoms with van der Waals surface area (Å²) in [5, 5.41) is 8.80. The van der Waals surface area contributed by atoms with Gasteiger partial charge >= 0.3 is 0 Å². The van der Waals surface area contributed by atoms with Crippen molar-refractivity contribution < 1.29 is 0 Å². The standard InChI is InChI=1S/C12H23NS/c1-4-5-6-7-8-9-10-14-12(2,3)11-13/h4-10H2,1-3H3. The monoisotopic (exact) mass is 213 g/mol. The first kappa shape index (κ1) is 13.8. The summed E-state index contributed by atoms with van der Waals surface area (Å²) >= 11 is 1.78. The molecular formula is C12H23NS. The van der Waals surface area contributed by atoms with Crippen molar-refractivity contribution in [3.63, 3.8) is 0 Å². The number of unbranched alkanes of at least 4 members (excludes halogenated alkanes) is 5. The van der Waals surface area contributed by atoms with Gasteiger partial charge in [-0.15, -0.1) is 11.8 Å². The van der Waals surface area contributed by atoms with E-state index in [0.717, 1.165) is 5.75 Å². The van der Waals surface area contributed by atoms with Gasteiger partial charge in [0.2, 0.25) is 0 Å². The fraction of sp³-hybridized carbons (Fsp3) is 0.917. The highest BCUT2D eigenvalue weighted by Crippen LogP contribution is 2.24. The van der Waals surface area contributed by atoms with E-state index in [0.29, 0.717) is 0 Å². The molecule has 0 spiro atoms. The second-order valence-electron chi connectivity index (χ2n) is 4.24. The first-order valence-electron chi connectivity index (χ1n) is 5.67. The molecule has 0 aromatic rings. The maximum Gasteiger partial charge on any atom is 0.0967 e. The first-order valence-corrected chi connectivity index (χ1v) is 6.66. The van der Waals surface area contributed by atoms with Gasteiger partial charge in [0.25, 0.3) is 0 Å². The van der Waals surface area contributed by atoms with Gasteiger partial charge in [0.15, 0.2) is 0 Å². The molecule has 82 valence electrons. The lowest BCUT2D eigenvalue weighted by Gasteiger charge is -2.13. The molecule has 14 heavy (non-hydrogen) atoms. The van der Waals surface area contributed by atoms with Crippen LogP contribution >= 0.6 is 11.8 Å². The smallest absolute Gasteiger partial charge is 0.0967 e. The lowest BCUT2D eigenvalue weighted by Crippen LogP contribution is -2.11. The first-order chi connectivity index (χ1) is 6.62. The van der Waals surface area contributed by atoms with Gasteiger partial charge in [0.1, 0.15) is 0 Å². The van der Waals surface area contributed by atoms with Gasteiger partial charge < -0.3 is 0 Å². The third-order valence-corrected chi connectivity index (χ3v) is 3.54. The summed E-state index contributed by atoms with van der Waals surface area (Å²) in [6.07, 6.45) is 8.02. The minimum atomic E-state index is -0.191. The van der Waals surface area contributed by atoms with Crippen LogP contribution in [0.15, 0.2) is 0 Å². The van der Waals surface area contributed by atoms with E-state index >= 15 is 0 Å². The van der Waals surface area contributed by atoms with Crippen LogP contribution < -0.4 is 0 Å². The molecule has 0 aliphatic heterocycles. The van der Waals surface area contributed by atoms with Crippen molar-refractivity contribution in [1.29, 1.82) is 5.26 Å². The summed E-state index contributed by atoms with van der Waals surface area (Å²) in [5.74, 6) is 1.13.